The Morgan fingerprint density at radius 1 is 1.60 bits per heavy atom. The molecule has 0 aliphatic carbocycles. The maximum absolute atomic E-state index is 10.4. The van der Waals surface area contributed by atoms with Crippen molar-refractivity contribution in [3.8, 4) is 0 Å². The average Bonchev–Trinajstić information content (AvgIpc) is 1.89. The van der Waals surface area contributed by atoms with E-state index in [4.69, 9.17) is 5.11 Å². The van der Waals surface area contributed by atoms with E-state index in [9.17, 15) is 4.79 Å². The fourth-order valence-corrected chi connectivity index (χ4v) is 0.725. The third kappa shape index (κ3) is 3.45. The quantitative estimate of drug-likeness (QED) is 0.603. The van der Waals surface area contributed by atoms with Gasteiger partial charge in [-0.05, 0) is 19.4 Å². The summed E-state index contributed by atoms with van der Waals surface area (Å²) in [6, 6.07) is -0.361. The number of carboxylic acid groups (broad SMARTS) is 1. The Kier molecular flexibility index (Phi) is 4.94. The fourth-order valence-electron chi connectivity index (χ4n) is 0.725. The number of carbonyl (C=O) groups is 1. The maximum Gasteiger partial charge on any atom is 0.320 e. The molecule has 0 aliphatic rings. The Morgan fingerprint density at radius 3 is 2.50 bits per heavy atom. The Hall–Kier alpha value is -0.570. The number of rotatable bonds is 5. The predicted octanol–water partition coefficient (Wildman–Crippen LogP) is 0.849. The lowest BCUT2D eigenvalue weighted by Gasteiger charge is -2.09. The van der Waals surface area contributed by atoms with Crippen molar-refractivity contribution in [2.24, 2.45) is 0 Å². The van der Waals surface area contributed by atoms with Crippen molar-refractivity contribution in [3.05, 3.63) is 0 Å². The molecule has 0 bridgehead atoms. The van der Waals surface area contributed by atoms with Crippen LogP contribution in [0.4, 0.5) is 0 Å². The molecule has 0 spiro atoms. The first-order chi connectivity index (χ1) is 4.72. The van der Waals surface area contributed by atoms with Gasteiger partial charge < -0.3 is 10.4 Å². The smallest absolute Gasteiger partial charge is 0.320 e. The first-order valence-electron chi connectivity index (χ1n) is 3.68. The second kappa shape index (κ2) is 5.23. The van der Waals surface area contributed by atoms with E-state index in [1.807, 2.05) is 13.8 Å². The second-order valence-corrected chi connectivity index (χ2v) is 2.25. The molecule has 0 saturated heterocycles. The zero-order valence-electron chi connectivity index (χ0n) is 6.55. The lowest BCUT2D eigenvalue weighted by molar-refractivity contribution is -0.139. The third-order valence-electron chi connectivity index (χ3n) is 1.35. The lowest BCUT2D eigenvalue weighted by Crippen LogP contribution is -2.36. The molecule has 10 heavy (non-hydrogen) atoms. The van der Waals surface area contributed by atoms with Crippen molar-refractivity contribution in [1.82, 2.24) is 5.32 Å². The summed E-state index contributed by atoms with van der Waals surface area (Å²) in [7, 11) is 0. The number of hydrogen-bond acceptors (Lipinski definition) is 2. The summed E-state index contributed by atoms with van der Waals surface area (Å²) in [4.78, 5) is 10.4. The topological polar surface area (TPSA) is 49.3 Å². The Morgan fingerprint density at radius 2 is 2.20 bits per heavy atom. The average molecular weight is 145 g/mol. The third-order valence-corrected chi connectivity index (χ3v) is 1.35. The molecular weight excluding hydrogens is 130 g/mol. The van der Waals surface area contributed by atoms with E-state index in [-0.39, 0.29) is 6.04 Å². The molecule has 0 fully saturated rings. The molecule has 0 aliphatic heterocycles. The molecule has 0 aromatic carbocycles. The first kappa shape index (κ1) is 9.43. The first-order valence-corrected chi connectivity index (χ1v) is 3.68. The predicted molar refractivity (Wildman–Crippen MR) is 40.0 cm³/mol. The SMILES string of the molecule is CCCNC(CC)C(=O)O. The van der Waals surface area contributed by atoms with Crippen LogP contribution in [0.25, 0.3) is 0 Å². The number of nitrogens with one attached hydrogen (secondary N) is 1. The fraction of sp³-hybridized carbons (Fsp3) is 0.857. The summed E-state index contributed by atoms with van der Waals surface area (Å²) in [5.74, 6) is -0.754. The van der Waals surface area contributed by atoms with Crippen molar-refractivity contribution in [2.75, 3.05) is 6.54 Å². The highest BCUT2D eigenvalue weighted by atomic mass is 16.4. The summed E-state index contributed by atoms with van der Waals surface area (Å²) in [5, 5.41) is 11.5. The van der Waals surface area contributed by atoms with Gasteiger partial charge in [0.25, 0.3) is 0 Å². The van der Waals surface area contributed by atoms with Crippen molar-refractivity contribution in [2.45, 2.75) is 32.7 Å². The van der Waals surface area contributed by atoms with E-state index < -0.39 is 5.97 Å². The Labute approximate surface area is 61.4 Å². The molecule has 0 saturated carbocycles. The molecular formula is C7H15NO2. The van der Waals surface area contributed by atoms with Crippen LogP contribution in [-0.4, -0.2) is 23.7 Å². The lowest BCUT2D eigenvalue weighted by atomic mass is 10.2. The van der Waals surface area contributed by atoms with Gasteiger partial charge in [-0.1, -0.05) is 13.8 Å². The van der Waals surface area contributed by atoms with Gasteiger partial charge in [0.2, 0.25) is 0 Å². The van der Waals surface area contributed by atoms with Crippen molar-refractivity contribution >= 4 is 5.97 Å². The van der Waals surface area contributed by atoms with Crippen LogP contribution in [0.3, 0.4) is 0 Å². The van der Waals surface area contributed by atoms with Gasteiger partial charge in [0.15, 0.2) is 0 Å². The van der Waals surface area contributed by atoms with Crippen LogP contribution in [0.5, 0.6) is 0 Å². The highest BCUT2D eigenvalue weighted by Crippen LogP contribution is 1.89. The van der Waals surface area contributed by atoms with Gasteiger partial charge in [0.1, 0.15) is 6.04 Å². The van der Waals surface area contributed by atoms with E-state index in [1.165, 1.54) is 0 Å². The second-order valence-electron chi connectivity index (χ2n) is 2.25. The summed E-state index contributed by atoms with van der Waals surface area (Å²) in [5.41, 5.74) is 0. The zero-order valence-corrected chi connectivity index (χ0v) is 6.55. The van der Waals surface area contributed by atoms with Crippen molar-refractivity contribution in [3.63, 3.8) is 0 Å². The van der Waals surface area contributed by atoms with Gasteiger partial charge in [-0.3, -0.25) is 4.79 Å². The monoisotopic (exact) mass is 145 g/mol. The minimum Gasteiger partial charge on any atom is -0.480 e. The van der Waals surface area contributed by atoms with Crippen LogP contribution in [0, 0.1) is 0 Å². The molecule has 0 amide bonds. The van der Waals surface area contributed by atoms with Crippen LogP contribution in [-0.2, 0) is 4.79 Å². The molecule has 3 nitrogen and oxygen atoms in total. The van der Waals surface area contributed by atoms with Gasteiger partial charge in [-0.15, -0.1) is 0 Å². The maximum atomic E-state index is 10.4. The van der Waals surface area contributed by atoms with E-state index >= 15 is 0 Å². The number of carboxylic acids is 1. The minimum absolute atomic E-state index is 0.361. The number of hydrogen-bond donors (Lipinski definition) is 2. The molecule has 60 valence electrons. The highest BCUT2D eigenvalue weighted by Gasteiger charge is 2.11. The number of aliphatic carboxylic acids is 1. The minimum atomic E-state index is -0.754. The summed E-state index contributed by atoms with van der Waals surface area (Å²) in [6.45, 7) is 4.66. The summed E-state index contributed by atoms with van der Waals surface area (Å²) < 4.78 is 0. The van der Waals surface area contributed by atoms with E-state index in [2.05, 4.69) is 5.32 Å². The molecule has 0 aromatic heterocycles. The van der Waals surface area contributed by atoms with Gasteiger partial charge in [-0.2, -0.15) is 0 Å². The van der Waals surface area contributed by atoms with Crippen LogP contribution in [0.15, 0.2) is 0 Å². The molecule has 0 aromatic rings. The van der Waals surface area contributed by atoms with Crippen molar-refractivity contribution in [1.29, 1.82) is 0 Å². The van der Waals surface area contributed by atoms with Crippen LogP contribution in [0.1, 0.15) is 26.7 Å². The van der Waals surface area contributed by atoms with Gasteiger partial charge in [0, 0.05) is 0 Å². The molecule has 0 heterocycles. The summed E-state index contributed by atoms with van der Waals surface area (Å²) in [6.07, 6.45) is 1.62. The Balaban J connectivity index is 3.50. The standard InChI is InChI=1S/C7H15NO2/c1-3-5-8-6(4-2)7(9)10/h6,8H,3-5H2,1-2H3,(H,9,10). The highest BCUT2D eigenvalue weighted by molar-refractivity contribution is 5.73. The zero-order chi connectivity index (χ0) is 7.98. The molecule has 0 radical (unpaired) electrons. The van der Waals surface area contributed by atoms with Crippen LogP contribution >= 0.6 is 0 Å². The molecule has 1 unspecified atom stereocenters. The van der Waals surface area contributed by atoms with Crippen LogP contribution in [0.2, 0.25) is 0 Å². The Bertz CT molecular complexity index is 104. The van der Waals surface area contributed by atoms with Gasteiger partial charge >= 0.3 is 5.97 Å². The van der Waals surface area contributed by atoms with Gasteiger partial charge in [-0.25, -0.2) is 0 Å². The normalized spacial score (nSPS) is 13.0. The van der Waals surface area contributed by atoms with E-state index in [0.717, 1.165) is 13.0 Å². The summed E-state index contributed by atoms with van der Waals surface area (Å²) >= 11 is 0. The van der Waals surface area contributed by atoms with Crippen molar-refractivity contribution < 1.29 is 9.90 Å². The molecule has 3 heteroatoms. The van der Waals surface area contributed by atoms with Crippen LogP contribution < -0.4 is 5.32 Å². The van der Waals surface area contributed by atoms with E-state index in [0.29, 0.717) is 6.42 Å². The molecule has 1 atom stereocenters. The van der Waals surface area contributed by atoms with E-state index in [1.54, 1.807) is 0 Å². The molecule has 0 rings (SSSR count). The largest absolute Gasteiger partial charge is 0.480 e. The van der Waals surface area contributed by atoms with Gasteiger partial charge in [0.05, 0.1) is 0 Å². The molecule has 2 N–H and O–H groups in total.